The quantitative estimate of drug-likeness (QED) is 0.183. The van der Waals surface area contributed by atoms with Gasteiger partial charge in [0.15, 0.2) is 0 Å². The first kappa shape index (κ1) is 32.0. The number of para-hydroxylation sites is 2. The van der Waals surface area contributed by atoms with Crippen LogP contribution in [0.1, 0.15) is 22.7 Å². The Bertz CT molecular complexity index is 3150. The maximum Gasteiger partial charge on any atom is 0.134 e. The Labute approximate surface area is 324 Å². The van der Waals surface area contributed by atoms with E-state index in [0.29, 0.717) is 0 Å². The highest BCUT2D eigenvalue weighted by molar-refractivity contribution is 6.15. The number of nitrogens with one attached hydrogen (secondary N) is 1. The predicted octanol–water partition coefficient (Wildman–Crippen LogP) is 12.7. The number of rotatable bonds is 6. The number of hydrogen-bond acceptors (Lipinski definition) is 2. The lowest BCUT2D eigenvalue weighted by Crippen LogP contribution is -2.31. The highest BCUT2D eigenvalue weighted by Crippen LogP contribution is 2.38. The molecule has 11 rings (SSSR count). The van der Waals surface area contributed by atoms with Crippen molar-refractivity contribution in [3.63, 3.8) is 0 Å². The Morgan fingerprint density at radius 3 is 1.89 bits per heavy atom. The van der Waals surface area contributed by atoms with Crippen molar-refractivity contribution >= 4 is 55.0 Å². The lowest BCUT2D eigenvalue weighted by Gasteiger charge is -2.25. The fourth-order valence-electron chi connectivity index (χ4n) is 8.41. The predicted molar refractivity (Wildman–Crippen MR) is 234 cm³/mol. The minimum Gasteiger partial charge on any atom is -0.359 e. The molecule has 1 aliphatic heterocycles. The molecule has 1 unspecified atom stereocenters. The average Bonchev–Trinajstić information content (AvgIpc) is 3.83. The van der Waals surface area contributed by atoms with Gasteiger partial charge in [-0.05, 0) is 106 Å². The topological polar surface area (TPSA) is 34.2 Å². The number of amidine groups is 1. The maximum atomic E-state index is 5.08. The second kappa shape index (κ2) is 13.2. The normalized spacial score (nSPS) is 14.2. The second-order valence-corrected chi connectivity index (χ2v) is 14.5. The fraction of sp³-hybridized carbons (Fsp3) is 0.0192. The van der Waals surface area contributed by atoms with Crippen LogP contribution in [0, 0.1) is 0 Å². The Balaban J connectivity index is 1.01. The summed E-state index contributed by atoms with van der Waals surface area (Å²) in [4.78, 5) is 5.08. The van der Waals surface area contributed by atoms with E-state index in [0.717, 1.165) is 34.0 Å². The molecule has 0 spiro atoms. The van der Waals surface area contributed by atoms with Gasteiger partial charge in [-0.1, -0.05) is 127 Å². The van der Waals surface area contributed by atoms with Crippen LogP contribution in [-0.4, -0.2) is 15.0 Å². The Morgan fingerprint density at radius 2 is 1.07 bits per heavy atom. The first-order valence-corrected chi connectivity index (χ1v) is 19.2. The molecule has 4 heteroatoms. The van der Waals surface area contributed by atoms with E-state index in [-0.39, 0.29) is 6.04 Å². The number of hydrogen-bond donors (Lipinski definition) is 1. The Hall–Kier alpha value is -7.43. The molecule has 1 N–H and O–H groups in total. The van der Waals surface area contributed by atoms with Crippen molar-refractivity contribution in [2.45, 2.75) is 6.04 Å². The zero-order valence-electron chi connectivity index (χ0n) is 30.5. The van der Waals surface area contributed by atoms with E-state index in [1.807, 2.05) is 12.1 Å². The summed E-state index contributed by atoms with van der Waals surface area (Å²) in [7, 11) is 0. The summed E-state index contributed by atoms with van der Waals surface area (Å²) in [5.41, 5.74) is 12.5. The van der Waals surface area contributed by atoms with E-state index in [1.165, 1.54) is 60.2 Å². The van der Waals surface area contributed by atoms with Crippen LogP contribution in [0.3, 0.4) is 0 Å². The first-order chi connectivity index (χ1) is 27.7. The molecular formula is C52H36N4. The zero-order chi connectivity index (χ0) is 37.0. The third-order valence-electron chi connectivity index (χ3n) is 11.1. The second-order valence-electron chi connectivity index (χ2n) is 14.5. The SMILES string of the molecule is C1=C(c2ccccc2)N=C(c2ccccc2)NC1c1cccc(-c2cccc(-n3c4ccccc4c4cc5cc6ccn(-c7ccccc7)c6cc5cc43)c2)c1. The van der Waals surface area contributed by atoms with Crippen molar-refractivity contribution < 1.29 is 0 Å². The van der Waals surface area contributed by atoms with Crippen molar-refractivity contribution in [1.82, 2.24) is 14.5 Å². The van der Waals surface area contributed by atoms with Crippen molar-refractivity contribution in [1.29, 1.82) is 0 Å². The largest absolute Gasteiger partial charge is 0.359 e. The van der Waals surface area contributed by atoms with Gasteiger partial charge in [0.05, 0.1) is 28.3 Å². The van der Waals surface area contributed by atoms with Gasteiger partial charge in [-0.15, -0.1) is 0 Å². The fourth-order valence-corrected chi connectivity index (χ4v) is 8.41. The number of nitrogens with zero attached hydrogens (tertiary/aromatic N) is 3. The van der Waals surface area contributed by atoms with Crippen LogP contribution in [-0.2, 0) is 0 Å². The van der Waals surface area contributed by atoms with Crippen molar-refractivity contribution in [2.24, 2.45) is 4.99 Å². The van der Waals surface area contributed by atoms with Gasteiger partial charge in [0.25, 0.3) is 0 Å². The molecule has 264 valence electrons. The van der Waals surface area contributed by atoms with E-state index < -0.39 is 0 Å². The smallest absolute Gasteiger partial charge is 0.134 e. The Morgan fingerprint density at radius 1 is 0.429 bits per heavy atom. The number of fused-ring (bicyclic) bond motifs is 5. The molecule has 0 bridgehead atoms. The summed E-state index contributed by atoms with van der Waals surface area (Å²) in [6, 6.07) is 69.6. The van der Waals surface area contributed by atoms with Gasteiger partial charge in [-0.25, -0.2) is 4.99 Å². The van der Waals surface area contributed by atoms with Crippen LogP contribution in [0.2, 0.25) is 0 Å². The van der Waals surface area contributed by atoms with Crippen LogP contribution in [0.4, 0.5) is 0 Å². The van der Waals surface area contributed by atoms with Crippen LogP contribution < -0.4 is 5.32 Å². The molecule has 1 atom stereocenters. The molecular weight excluding hydrogens is 681 g/mol. The molecule has 10 aromatic rings. The third-order valence-corrected chi connectivity index (χ3v) is 11.1. The van der Waals surface area contributed by atoms with Gasteiger partial charge in [0.1, 0.15) is 5.84 Å². The number of benzene rings is 8. The Kier molecular flexibility index (Phi) is 7.52. The van der Waals surface area contributed by atoms with Crippen LogP contribution in [0.15, 0.2) is 211 Å². The molecule has 0 saturated carbocycles. The minimum atomic E-state index is -0.0545. The van der Waals surface area contributed by atoms with Crippen LogP contribution in [0.5, 0.6) is 0 Å². The summed E-state index contributed by atoms with van der Waals surface area (Å²) >= 11 is 0. The molecule has 0 radical (unpaired) electrons. The van der Waals surface area contributed by atoms with Crippen molar-refractivity contribution in [2.75, 3.05) is 0 Å². The van der Waals surface area contributed by atoms with Gasteiger partial charge in [0, 0.05) is 39.3 Å². The number of aliphatic imine (C=N–C) groups is 1. The minimum absolute atomic E-state index is 0.0545. The van der Waals surface area contributed by atoms with Crippen LogP contribution >= 0.6 is 0 Å². The summed E-state index contributed by atoms with van der Waals surface area (Å²) in [5.74, 6) is 0.872. The van der Waals surface area contributed by atoms with Gasteiger partial charge in [-0.3, -0.25) is 0 Å². The molecule has 1 aliphatic rings. The molecule has 0 aliphatic carbocycles. The van der Waals surface area contributed by atoms with E-state index >= 15 is 0 Å². The highest BCUT2D eigenvalue weighted by Gasteiger charge is 2.21. The van der Waals surface area contributed by atoms with Gasteiger partial charge >= 0.3 is 0 Å². The monoisotopic (exact) mass is 716 g/mol. The lowest BCUT2D eigenvalue weighted by atomic mass is 9.96. The van der Waals surface area contributed by atoms with Crippen LogP contribution in [0.25, 0.3) is 71.7 Å². The van der Waals surface area contributed by atoms with E-state index in [4.69, 9.17) is 4.99 Å². The molecule has 0 saturated heterocycles. The average molecular weight is 717 g/mol. The van der Waals surface area contributed by atoms with Gasteiger partial charge in [-0.2, -0.15) is 0 Å². The molecule has 0 fully saturated rings. The molecule has 0 amide bonds. The molecule has 2 aromatic heterocycles. The van der Waals surface area contributed by atoms with E-state index in [2.05, 4.69) is 209 Å². The molecule has 8 aromatic carbocycles. The van der Waals surface area contributed by atoms with E-state index in [9.17, 15) is 0 Å². The van der Waals surface area contributed by atoms with Gasteiger partial charge in [0.2, 0.25) is 0 Å². The first-order valence-electron chi connectivity index (χ1n) is 19.2. The van der Waals surface area contributed by atoms with Gasteiger partial charge < -0.3 is 14.5 Å². The molecule has 4 nitrogen and oxygen atoms in total. The molecule has 3 heterocycles. The van der Waals surface area contributed by atoms with Crippen molar-refractivity contribution in [3.05, 3.63) is 223 Å². The van der Waals surface area contributed by atoms with E-state index in [1.54, 1.807) is 0 Å². The molecule has 56 heavy (non-hydrogen) atoms. The third kappa shape index (κ3) is 5.50. The summed E-state index contributed by atoms with van der Waals surface area (Å²) in [6.07, 6.45) is 4.41. The maximum absolute atomic E-state index is 5.08. The standard InChI is InChI=1S/C52H36N4/c1-4-14-35(15-5-1)47-34-48(54-52(53-47)36-16-6-2-7-17-36)39-20-12-18-37(28-39)38-19-13-23-44(30-38)56-49-25-11-10-24-45(49)46-31-41-29-40-26-27-55(43-21-8-3-9-22-43)50(40)32-42(41)33-51(46)56/h1-34,48H,(H,53,54). The highest BCUT2D eigenvalue weighted by atomic mass is 15.0. The zero-order valence-corrected chi connectivity index (χ0v) is 30.5. The van der Waals surface area contributed by atoms with Crippen molar-refractivity contribution in [3.8, 4) is 22.5 Å². The number of aromatic nitrogens is 2. The summed E-state index contributed by atoms with van der Waals surface area (Å²) < 4.78 is 4.71. The summed E-state index contributed by atoms with van der Waals surface area (Å²) in [5, 5.41) is 9.94. The lowest BCUT2D eigenvalue weighted by molar-refractivity contribution is 0.781. The summed E-state index contributed by atoms with van der Waals surface area (Å²) in [6.45, 7) is 0.